The Labute approximate surface area is 111 Å². The van der Waals surface area contributed by atoms with E-state index < -0.39 is 0 Å². The largest absolute Gasteiger partial charge is 0.422 e. The molecule has 8 heteroatoms. The Bertz CT molecular complexity index is 596. The summed E-state index contributed by atoms with van der Waals surface area (Å²) in [5.41, 5.74) is 6.05. The minimum atomic E-state index is 0.0261. The Morgan fingerprint density at radius 1 is 1.56 bits per heavy atom. The lowest BCUT2D eigenvalue weighted by Gasteiger charge is -2.05. The third-order valence-electron chi connectivity index (χ3n) is 2.12. The average molecular weight is 312 g/mol. The number of benzene rings is 1. The molecule has 1 heterocycles. The molecule has 0 aliphatic rings. The van der Waals surface area contributed by atoms with Crippen LogP contribution in [0.5, 0.6) is 11.8 Å². The highest BCUT2D eigenvalue weighted by Crippen LogP contribution is 2.28. The van der Waals surface area contributed by atoms with Gasteiger partial charge in [-0.15, -0.1) is 5.10 Å². The third kappa shape index (κ3) is 2.59. The first-order chi connectivity index (χ1) is 8.60. The van der Waals surface area contributed by atoms with Crippen molar-refractivity contribution >= 4 is 21.8 Å². The second-order valence-corrected chi connectivity index (χ2v) is 4.29. The smallest absolute Gasteiger partial charge is 0.341 e. The van der Waals surface area contributed by atoms with Crippen molar-refractivity contribution in [1.29, 1.82) is 0 Å². The Balaban J connectivity index is 2.25. The lowest BCUT2D eigenvalue weighted by atomic mass is 10.2. The van der Waals surface area contributed by atoms with Crippen LogP contribution in [0.2, 0.25) is 0 Å². The van der Waals surface area contributed by atoms with Crippen molar-refractivity contribution in [3.63, 3.8) is 0 Å². The summed E-state index contributed by atoms with van der Waals surface area (Å²) in [4.78, 5) is 3.95. The first-order valence-corrected chi connectivity index (χ1v) is 5.70. The van der Waals surface area contributed by atoms with Crippen LogP contribution < -0.4 is 10.5 Å². The van der Waals surface area contributed by atoms with E-state index >= 15 is 0 Å². The number of aryl methyl sites for hydroxylation is 1. The van der Waals surface area contributed by atoms with E-state index in [9.17, 15) is 0 Å². The number of hydrogen-bond acceptors (Lipinski definition) is 5. The van der Waals surface area contributed by atoms with Gasteiger partial charge in [-0.3, -0.25) is 4.68 Å². The summed E-state index contributed by atoms with van der Waals surface area (Å²) in [6.45, 7) is 0. The Kier molecular flexibility index (Phi) is 3.47. The molecule has 7 nitrogen and oxygen atoms in total. The lowest BCUT2D eigenvalue weighted by molar-refractivity contribution is 0.318. The van der Waals surface area contributed by atoms with Gasteiger partial charge in [-0.05, 0) is 34.1 Å². The third-order valence-corrected chi connectivity index (χ3v) is 2.73. The van der Waals surface area contributed by atoms with Gasteiger partial charge in [0.15, 0.2) is 5.84 Å². The van der Waals surface area contributed by atoms with Gasteiger partial charge in [-0.1, -0.05) is 5.16 Å². The molecule has 3 N–H and O–H groups in total. The molecule has 0 bridgehead atoms. The molecule has 0 aliphatic heterocycles. The van der Waals surface area contributed by atoms with Gasteiger partial charge in [-0.25, -0.2) is 0 Å². The molecule has 0 spiro atoms. The number of rotatable bonds is 3. The maximum absolute atomic E-state index is 8.58. The number of amidine groups is 1. The highest BCUT2D eigenvalue weighted by atomic mass is 79.9. The van der Waals surface area contributed by atoms with Crippen molar-refractivity contribution in [2.45, 2.75) is 0 Å². The Morgan fingerprint density at radius 3 is 2.89 bits per heavy atom. The van der Waals surface area contributed by atoms with Gasteiger partial charge in [0, 0.05) is 12.6 Å². The minimum Gasteiger partial charge on any atom is -0.422 e. The van der Waals surface area contributed by atoms with Crippen molar-refractivity contribution in [2.24, 2.45) is 17.9 Å². The summed E-state index contributed by atoms with van der Waals surface area (Å²) >= 11 is 3.33. The van der Waals surface area contributed by atoms with Crippen molar-refractivity contribution in [1.82, 2.24) is 14.8 Å². The molecule has 0 radical (unpaired) electrons. The number of ether oxygens (including phenoxy) is 1. The molecule has 0 saturated carbocycles. The second-order valence-electron chi connectivity index (χ2n) is 3.43. The van der Waals surface area contributed by atoms with Gasteiger partial charge in [0.1, 0.15) is 12.1 Å². The summed E-state index contributed by atoms with van der Waals surface area (Å²) in [7, 11) is 1.75. The van der Waals surface area contributed by atoms with Crippen molar-refractivity contribution in [3.05, 3.63) is 34.6 Å². The van der Waals surface area contributed by atoms with Crippen LogP contribution in [-0.2, 0) is 7.05 Å². The summed E-state index contributed by atoms with van der Waals surface area (Å²) in [5, 5.41) is 15.5. The molecule has 1 aromatic heterocycles. The van der Waals surface area contributed by atoms with E-state index in [0.29, 0.717) is 15.8 Å². The number of oxime groups is 1. The van der Waals surface area contributed by atoms with Crippen LogP contribution in [0.25, 0.3) is 0 Å². The van der Waals surface area contributed by atoms with E-state index in [1.54, 1.807) is 25.2 Å². The molecule has 0 saturated heterocycles. The zero-order chi connectivity index (χ0) is 13.1. The molecule has 1 aromatic carbocycles. The van der Waals surface area contributed by atoms with Crippen LogP contribution in [0.1, 0.15) is 5.56 Å². The van der Waals surface area contributed by atoms with E-state index in [2.05, 4.69) is 31.2 Å². The molecule has 0 aliphatic carbocycles. The minimum absolute atomic E-state index is 0.0261. The van der Waals surface area contributed by atoms with Crippen LogP contribution in [0.4, 0.5) is 0 Å². The second kappa shape index (κ2) is 5.05. The van der Waals surface area contributed by atoms with E-state index in [1.807, 2.05) is 0 Å². The maximum atomic E-state index is 8.58. The van der Waals surface area contributed by atoms with Crippen molar-refractivity contribution < 1.29 is 9.94 Å². The number of nitrogens with two attached hydrogens (primary N) is 1. The predicted molar refractivity (Wildman–Crippen MR) is 67.7 cm³/mol. The van der Waals surface area contributed by atoms with Gasteiger partial charge in [0.05, 0.1) is 4.47 Å². The maximum Gasteiger partial charge on any atom is 0.341 e. The predicted octanol–water partition coefficient (Wildman–Crippen LogP) is 1.46. The standard InChI is InChI=1S/C10H10BrN5O2/c1-16-5-13-10(14-16)18-8-3-2-6(4-7(8)11)9(12)15-17/h2-5,17H,1H3,(H2,12,15). The van der Waals surface area contributed by atoms with Gasteiger partial charge < -0.3 is 15.7 Å². The number of halogens is 1. The first kappa shape index (κ1) is 12.4. The van der Waals surface area contributed by atoms with Crippen LogP contribution in [0, 0.1) is 0 Å². The number of nitrogens with zero attached hydrogens (tertiary/aromatic N) is 4. The summed E-state index contributed by atoms with van der Waals surface area (Å²) < 4.78 is 7.65. The zero-order valence-electron chi connectivity index (χ0n) is 9.41. The van der Waals surface area contributed by atoms with E-state index in [-0.39, 0.29) is 11.8 Å². The summed E-state index contributed by atoms with van der Waals surface area (Å²) in [6, 6.07) is 5.26. The Morgan fingerprint density at radius 2 is 2.33 bits per heavy atom. The topological polar surface area (TPSA) is 98.6 Å². The molecule has 0 fully saturated rings. The van der Waals surface area contributed by atoms with E-state index in [4.69, 9.17) is 15.7 Å². The number of hydrogen-bond donors (Lipinski definition) is 2. The fraction of sp³-hybridized carbons (Fsp3) is 0.100. The average Bonchev–Trinajstić information content (AvgIpc) is 2.76. The molecule has 0 atom stereocenters. The molecule has 0 amide bonds. The monoisotopic (exact) mass is 311 g/mol. The molecular formula is C10H10BrN5O2. The highest BCUT2D eigenvalue weighted by molar-refractivity contribution is 9.10. The lowest BCUT2D eigenvalue weighted by Crippen LogP contribution is -2.12. The van der Waals surface area contributed by atoms with Crippen LogP contribution >= 0.6 is 15.9 Å². The van der Waals surface area contributed by atoms with Crippen molar-refractivity contribution in [3.8, 4) is 11.8 Å². The fourth-order valence-corrected chi connectivity index (χ4v) is 1.73. The molecule has 0 unspecified atom stereocenters. The van der Waals surface area contributed by atoms with Gasteiger partial charge in [-0.2, -0.15) is 4.98 Å². The number of aromatic nitrogens is 3. The van der Waals surface area contributed by atoms with Gasteiger partial charge in [0.25, 0.3) is 0 Å². The molecule has 2 rings (SSSR count). The molecule has 2 aromatic rings. The molecule has 94 valence electrons. The van der Waals surface area contributed by atoms with Crippen LogP contribution in [-0.4, -0.2) is 25.8 Å². The first-order valence-electron chi connectivity index (χ1n) is 4.91. The highest BCUT2D eigenvalue weighted by Gasteiger charge is 2.08. The van der Waals surface area contributed by atoms with Crippen LogP contribution in [0.3, 0.4) is 0 Å². The summed E-state index contributed by atoms with van der Waals surface area (Å²) in [5.74, 6) is 0.564. The van der Waals surface area contributed by atoms with Crippen LogP contribution in [0.15, 0.2) is 34.2 Å². The van der Waals surface area contributed by atoms with Gasteiger partial charge in [0.2, 0.25) is 0 Å². The van der Waals surface area contributed by atoms with E-state index in [0.717, 1.165) is 0 Å². The van der Waals surface area contributed by atoms with E-state index in [1.165, 1.54) is 11.0 Å². The quantitative estimate of drug-likeness (QED) is 0.387. The summed E-state index contributed by atoms with van der Waals surface area (Å²) in [6.07, 6.45) is 1.54. The van der Waals surface area contributed by atoms with Gasteiger partial charge >= 0.3 is 6.01 Å². The SMILES string of the molecule is Cn1cnc(Oc2ccc(/C(N)=N/O)cc2Br)n1. The zero-order valence-corrected chi connectivity index (χ0v) is 11.0. The fourth-order valence-electron chi connectivity index (χ4n) is 1.27. The molecular weight excluding hydrogens is 302 g/mol. The van der Waals surface area contributed by atoms with Crippen molar-refractivity contribution in [2.75, 3.05) is 0 Å². The normalized spacial score (nSPS) is 11.6. The Hall–Kier alpha value is -2.09. The molecule has 18 heavy (non-hydrogen) atoms.